The fourth-order valence-corrected chi connectivity index (χ4v) is 2.25. The highest BCUT2D eigenvalue weighted by Gasteiger charge is 2.19. The van der Waals surface area contributed by atoms with Crippen molar-refractivity contribution < 1.29 is 14.5 Å². The number of nitro benzene ring substituents is 1. The predicted octanol–water partition coefficient (Wildman–Crippen LogP) is 3.87. The molecule has 0 aromatic heterocycles. The normalized spacial score (nSPS) is 11.6. The lowest BCUT2D eigenvalue weighted by molar-refractivity contribution is -0.385. The van der Waals surface area contributed by atoms with Crippen LogP contribution >= 0.6 is 0 Å². The van der Waals surface area contributed by atoms with Crippen LogP contribution in [0.1, 0.15) is 25.0 Å². The van der Waals surface area contributed by atoms with Gasteiger partial charge in [0.1, 0.15) is 5.75 Å². The third-order valence-electron chi connectivity index (χ3n) is 3.77. The molecule has 2 rings (SSSR count). The first-order chi connectivity index (χ1) is 11.4. The number of amides is 1. The Morgan fingerprint density at radius 2 is 1.92 bits per heavy atom. The number of nitrogens with one attached hydrogen (secondary N) is 1. The maximum Gasteiger partial charge on any atom is 0.274 e. The molecule has 1 amide bonds. The number of hydrogen-bond acceptors (Lipinski definition) is 4. The van der Waals surface area contributed by atoms with Crippen molar-refractivity contribution >= 4 is 17.3 Å². The lowest BCUT2D eigenvalue weighted by Crippen LogP contribution is -2.30. The highest BCUT2D eigenvalue weighted by Crippen LogP contribution is 2.25. The van der Waals surface area contributed by atoms with Gasteiger partial charge in [0, 0.05) is 6.07 Å². The molecule has 1 unspecified atom stereocenters. The van der Waals surface area contributed by atoms with Crippen molar-refractivity contribution in [2.75, 3.05) is 5.32 Å². The first-order valence-electron chi connectivity index (χ1n) is 7.72. The van der Waals surface area contributed by atoms with E-state index in [0.717, 1.165) is 6.42 Å². The molecule has 0 spiro atoms. The summed E-state index contributed by atoms with van der Waals surface area (Å²) in [6.07, 6.45) is 0.207. The van der Waals surface area contributed by atoms with Gasteiger partial charge in [0.15, 0.2) is 6.10 Å². The average Bonchev–Trinajstić information content (AvgIpc) is 2.57. The highest BCUT2D eigenvalue weighted by atomic mass is 16.6. The SMILES string of the molecule is CCc1ccc(OC(C)C(=O)Nc2cccc([N+](=O)[O-])c2C)cc1. The molecule has 0 saturated carbocycles. The summed E-state index contributed by atoms with van der Waals surface area (Å²) < 4.78 is 5.62. The number of aryl methyl sites for hydroxylation is 1. The zero-order valence-electron chi connectivity index (χ0n) is 13.9. The van der Waals surface area contributed by atoms with Crippen LogP contribution in [0.15, 0.2) is 42.5 Å². The van der Waals surface area contributed by atoms with E-state index in [4.69, 9.17) is 4.74 Å². The van der Waals surface area contributed by atoms with Crippen LogP contribution in [0.3, 0.4) is 0 Å². The molecular formula is C18H20N2O4. The average molecular weight is 328 g/mol. The van der Waals surface area contributed by atoms with E-state index in [1.807, 2.05) is 24.3 Å². The zero-order chi connectivity index (χ0) is 17.7. The molecule has 1 atom stereocenters. The van der Waals surface area contributed by atoms with Gasteiger partial charge in [-0.3, -0.25) is 14.9 Å². The Kier molecular flexibility index (Phi) is 5.52. The summed E-state index contributed by atoms with van der Waals surface area (Å²) in [6.45, 7) is 5.30. The van der Waals surface area contributed by atoms with Crippen LogP contribution in [0, 0.1) is 17.0 Å². The van der Waals surface area contributed by atoms with Gasteiger partial charge in [0.25, 0.3) is 11.6 Å². The summed E-state index contributed by atoms with van der Waals surface area (Å²) >= 11 is 0. The number of nitro groups is 1. The van der Waals surface area contributed by atoms with Gasteiger partial charge >= 0.3 is 0 Å². The molecule has 0 saturated heterocycles. The number of carbonyl (C=O) groups is 1. The van der Waals surface area contributed by atoms with Gasteiger partial charge in [-0.2, -0.15) is 0 Å². The van der Waals surface area contributed by atoms with Crippen molar-refractivity contribution in [3.8, 4) is 5.75 Å². The molecule has 24 heavy (non-hydrogen) atoms. The van der Waals surface area contributed by atoms with E-state index in [1.54, 1.807) is 19.9 Å². The van der Waals surface area contributed by atoms with Crippen LogP contribution < -0.4 is 10.1 Å². The van der Waals surface area contributed by atoms with Crippen molar-refractivity contribution in [2.45, 2.75) is 33.3 Å². The van der Waals surface area contributed by atoms with Crippen LogP contribution in [0.25, 0.3) is 0 Å². The van der Waals surface area contributed by atoms with Gasteiger partial charge in [0.05, 0.1) is 16.2 Å². The van der Waals surface area contributed by atoms with E-state index in [9.17, 15) is 14.9 Å². The Bertz CT molecular complexity index is 741. The maximum atomic E-state index is 12.3. The third kappa shape index (κ3) is 4.10. The second kappa shape index (κ2) is 7.59. The molecule has 6 nitrogen and oxygen atoms in total. The number of rotatable bonds is 6. The predicted molar refractivity (Wildman–Crippen MR) is 92.4 cm³/mol. The summed E-state index contributed by atoms with van der Waals surface area (Å²) in [6, 6.07) is 12.1. The monoisotopic (exact) mass is 328 g/mol. The quantitative estimate of drug-likeness (QED) is 0.644. The summed E-state index contributed by atoms with van der Waals surface area (Å²) in [5.74, 6) is 0.240. The Balaban J connectivity index is 2.06. The van der Waals surface area contributed by atoms with E-state index in [-0.39, 0.29) is 11.6 Å². The number of ether oxygens (including phenoxy) is 1. The van der Waals surface area contributed by atoms with Crippen molar-refractivity contribution in [3.63, 3.8) is 0 Å². The number of anilines is 1. The second-order valence-electron chi connectivity index (χ2n) is 5.45. The Morgan fingerprint density at radius 3 is 2.50 bits per heavy atom. The molecule has 0 aliphatic heterocycles. The lowest BCUT2D eigenvalue weighted by atomic mass is 10.1. The van der Waals surface area contributed by atoms with Crippen LogP contribution in [-0.4, -0.2) is 16.9 Å². The third-order valence-corrected chi connectivity index (χ3v) is 3.77. The van der Waals surface area contributed by atoms with E-state index in [0.29, 0.717) is 17.0 Å². The number of carbonyl (C=O) groups excluding carboxylic acids is 1. The van der Waals surface area contributed by atoms with E-state index in [2.05, 4.69) is 12.2 Å². The molecule has 6 heteroatoms. The van der Waals surface area contributed by atoms with Gasteiger partial charge in [-0.15, -0.1) is 0 Å². The van der Waals surface area contributed by atoms with Gasteiger partial charge < -0.3 is 10.1 Å². The van der Waals surface area contributed by atoms with Crippen LogP contribution in [0.4, 0.5) is 11.4 Å². The van der Waals surface area contributed by atoms with Gasteiger partial charge in [-0.05, 0) is 44.0 Å². The van der Waals surface area contributed by atoms with E-state index < -0.39 is 11.0 Å². The molecule has 1 N–H and O–H groups in total. The highest BCUT2D eigenvalue weighted by molar-refractivity contribution is 5.95. The lowest BCUT2D eigenvalue weighted by Gasteiger charge is -2.16. The Hall–Kier alpha value is -2.89. The van der Waals surface area contributed by atoms with Crippen molar-refractivity contribution in [3.05, 3.63) is 63.7 Å². The summed E-state index contributed by atoms with van der Waals surface area (Å²) in [5, 5.41) is 13.6. The number of hydrogen-bond donors (Lipinski definition) is 1. The van der Waals surface area contributed by atoms with Gasteiger partial charge in [-0.25, -0.2) is 0 Å². The minimum absolute atomic E-state index is 0.0310. The molecule has 0 radical (unpaired) electrons. The van der Waals surface area contributed by atoms with E-state index in [1.165, 1.54) is 17.7 Å². The standard InChI is InChI=1S/C18H20N2O4/c1-4-14-8-10-15(11-9-14)24-13(3)18(21)19-16-6-5-7-17(12(16)2)20(22)23/h5-11,13H,4H2,1-3H3,(H,19,21). The fourth-order valence-electron chi connectivity index (χ4n) is 2.25. The number of benzene rings is 2. The van der Waals surface area contributed by atoms with E-state index >= 15 is 0 Å². The Labute approximate surface area is 140 Å². The van der Waals surface area contributed by atoms with Crippen LogP contribution in [0.2, 0.25) is 0 Å². The van der Waals surface area contributed by atoms with Crippen molar-refractivity contribution in [1.29, 1.82) is 0 Å². The first-order valence-corrected chi connectivity index (χ1v) is 7.72. The fraction of sp³-hybridized carbons (Fsp3) is 0.278. The molecule has 0 bridgehead atoms. The van der Waals surface area contributed by atoms with Crippen molar-refractivity contribution in [2.24, 2.45) is 0 Å². The Morgan fingerprint density at radius 1 is 1.25 bits per heavy atom. The smallest absolute Gasteiger partial charge is 0.274 e. The molecule has 126 valence electrons. The van der Waals surface area contributed by atoms with Crippen LogP contribution in [0.5, 0.6) is 5.75 Å². The van der Waals surface area contributed by atoms with Gasteiger partial charge in [0.2, 0.25) is 0 Å². The van der Waals surface area contributed by atoms with Crippen molar-refractivity contribution in [1.82, 2.24) is 0 Å². The first kappa shape index (κ1) is 17.5. The second-order valence-corrected chi connectivity index (χ2v) is 5.45. The molecule has 0 heterocycles. The topological polar surface area (TPSA) is 81.5 Å². The summed E-state index contributed by atoms with van der Waals surface area (Å²) in [4.78, 5) is 22.8. The minimum atomic E-state index is -0.726. The minimum Gasteiger partial charge on any atom is -0.481 e. The largest absolute Gasteiger partial charge is 0.481 e. The molecule has 2 aromatic rings. The van der Waals surface area contributed by atoms with Crippen LogP contribution in [-0.2, 0) is 11.2 Å². The molecule has 0 aliphatic rings. The summed E-state index contributed by atoms with van der Waals surface area (Å²) in [7, 11) is 0. The molecule has 0 fully saturated rings. The molecular weight excluding hydrogens is 308 g/mol. The zero-order valence-corrected chi connectivity index (χ0v) is 13.9. The molecule has 0 aliphatic carbocycles. The summed E-state index contributed by atoms with van der Waals surface area (Å²) in [5.41, 5.74) is 1.98. The maximum absolute atomic E-state index is 12.3. The van der Waals surface area contributed by atoms with Gasteiger partial charge in [-0.1, -0.05) is 25.1 Å². The molecule has 2 aromatic carbocycles. The number of nitrogens with zero attached hydrogens (tertiary/aromatic N) is 1.